The Balaban J connectivity index is 1.73. The molecule has 28 heavy (non-hydrogen) atoms. The first-order chi connectivity index (χ1) is 13.7. The summed E-state index contributed by atoms with van der Waals surface area (Å²) in [5.41, 5.74) is 1.33. The van der Waals surface area contributed by atoms with Crippen LogP contribution in [-0.4, -0.2) is 52.8 Å². The topological polar surface area (TPSA) is 86.9 Å². The number of aryl methyl sites for hydroxylation is 1. The van der Waals surface area contributed by atoms with Crippen molar-refractivity contribution in [1.82, 2.24) is 19.3 Å². The number of hydrogen-bond acceptors (Lipinski definition) is 5. The highest BCUT2D eigenvalue weighted by atomic mass is 16.5. The third-order valence-electron chi connectivity index (χ3n) is 5.05. The molecule has 1 saturated heterocycles. The number of methoxy groups -OCH3 is 1. The number of amides is 1. The number of hydrogen-bond donors (Lipinski definition) is 1. The van der Waals surface area contributed by atoms with Crippen molar-refractivity contribution in [2.24, 2.45) is 0 Å². The van der Waals surface area contributed by atoms with Crippen LogP contribution in [0.3, 0.4) is 0 Å². The average molecular weight is 384 g/mol. The van der Waals surface area contributed by atoms with Crippen LogP contribution in [0.2, 0.25) is 0 Å². The highest BCUT2D eigenvalue weighted by Crippen LogP contribution is 2.18. The first-order valence-electron chi connectivity index (χ1n) is 9.58. The van der Waals surface area contributed by atoms with Crippen molar-refractivity contribution in [2.45, 2.75) is 31.9 Å². The van der Waals surface area contributed by atoms with E-state index in [-0.39, 0.29) is 17.6 Å². The largest absolute Gasteiger partial charge is 0.385 e. The maximum absolute atomic E-state index is 12.9. The molecule has 8 heteroatoms. The first-order valence-corrected chi connectivity index (χ1v) is 9.58. The third kappa shape index (κ3) is 3.53. The fourth-order valence-electron chi connectivity index (χ4n) is 3.64. The molecule has 0 aromatic carbocycles. The van der Waals surface area contributed by atoms with Crippen molar-refractivity contribution in [3.8, 4) is 0 Å². The normalized spacial score (nSPS) is 16.8. The molecule has 4 heterocycles. The van der Waals surface area contributed by atoms with Gasteiger partial charge < -0.3 is 19.4 Å². The van der Waals surface area contributed by atoms with Gasteiger partial charge in [0.2, 0.25) is 0 Å². The van der Waals surface area contributed by atoms with Crippen molar-refractivity contribution in [3.63, 3.8) is 0 Å². The molecule has 4 rings (SSSR count). The van der Waals surface area contributed by atoms with E-state index in [9.17, 15) is 9.59 Å². The number of fused-ring (bicyclic) bond motifs is 2. The molecule has 1 fully saturated rings. The standard InChI is InChI=1S/C20H24N4O4/c1-27-10-5-9-23-16(19(25)21-13-14-6-4-11-28-14)12-15-18(23)22-17-7-2-3-8-24(17)20(15)26/h2-3,7-8,12,14H,4-6,9-11,13H2,1H3,(H,21,25)/t14-/m0/s1. The molecule has 3 aromatic heterocycles. The summed E-state index contributed by atoms with van der Waals surface area (Å²) < 4.78 is 14.0. The molecule has 148 valence electrons. The van der Waals surface area contributed by atoms with E-state index in [1.165, 1.54) is 4.40 Å². The van der Waals surface area contributed by atoms with Crippen LogP contribution in [0.5, 0.6) is 0 Å². The van der Waals surface area contributed by atoms with E-state index >= 15 is 0 Å². The fourth-order valence-corrected chi connectivity index (χ4v) is 3.64. The van der Waals surface area contributed by atoms with Gasteiger partial charge in [-0.2, -0.15) is 0 Å². The van der Waals surface area contributed by atoms with E-state index in [4.69, 9.17) is 9.47 Å². The van der Waals surface area contributed by atoms with Crippen molar-refractivity contribution in [2.75, 3.05) is 26.9 Å². The Bertz CT molecular complexity index is 1050. The minimum absolute atomic E-state index is 0.0570. The lowest BCUT2D eigenvalue weighted by molar-refractivity contribution is 0.0849. The monoisotopic (exact) mass is 384 g/mol. The number of nitrogens with zero attached hydrogens (tertiary/aromatic N) is 3. The Hall–Kier alpha value is -2.71. The summed E-state index contributed by atoms with van der Waals surface area (Å²) in [4.78, 5) is 30.4. The summed E-state index contributed by atoms with van der Waals surface area (Å²) in [5, 5.41) is 3.37. The molecular formula is C20H24N4O4. The van der Waals surface area contributed by atoms with Crippen LogP contribution in [0.1, 0.15) is 29.8 Å². The molecule has 1 N–H and O–H groups in total. The van der Waals surface area contributed by atoms with Crippen LogP contribution >= 0.6 is 0 Å². The number of rotatable bonds is 7. The molecule has 8 nitrogen and oxygen atoms in total. The van der Waals surface area contributed by atoms with Gasteiger partial charge in [-0.15, -0.1) is 0 Å². The van der Waals surface area contributed by atoms with E-state index in [2.05, 4.69) is 10.3 Å². The van der Waals surface area contributed by atoms with Crippen molar-refractivity contribution >= 4 is 22.6 Å². The number of aromatic nitrogens is 3. The zero-order valence-corrected chi connectivity index (χ0v) is 15.9. The molecule has 0 radical (unpaired) electrons. The Morgan fingerprint density at radius 2 is 2.32 bits per heavy atom. The molecule has 0 bridgehead atoms. The van der Waals surface area contributed by atoms with Gasteiger partial charge in [-0.3, -0.25) is 14.0 Å². The second-order valence-electron chi connectivity index (χ2n) is 6.96. The van der Waals surface area contributed by atoms with Gasteiger partial charge >= 0.3 is 0 Å². The van der Waals surface area contributed by atoms with Gasteiger partial charge in [0.05, 0.1) is 11.5 Å². The molecule has 1 amide bonds. The maximum atomic E-state index is 12.9. The summed E-state index contributed by atoms with van der Waals surface area (Å²) in [6, 6.07) is 7.04. The molecule has 0 spiro atoms. The van der Waals surface area contributed by atoms with Gasteiger partial charge in [0, 0.05) is 39.6 Å². The lowest BCUT2D eigenvalue weighted by atomic mass is 10.2. The van der Waals surface area contributed by atoms with E-state index in [0.717, 1.165) is 19.4 Å². The van der Waals surface area contributed by atoms with Crippen LogP contribution in [-0.2, 0) is 16.0 Å². The molecular weight excluding hydrogens is 360 g/mol. The number of pyridine rings is 1. The lowest BCUT2D eigenvalue weighted by Crippen LogP contribution is -2.33. The highest BCUT2D eigenvalue weighted by molar-refractivity contribution is 5.98. The number of ether oxygens (including phenoxy) is 2. The molecule has 0 aliphatic carbocycles. The number of carbonyl (C=O) groups excluding carboxylic acids is 1. The van der Waals surface area contributed by atoms with Crippen LogP contribution < -0.4 is 10.9 Å². The zero-order valence-electron chi connectivity index (χ0n) is 15.9. The minimum atomic E-state index is -0.223. The Morgan fingerprint density at radius 3 is 3.11 bits per heavy atom. The number of nitrogens with one attached hydrogen (secondary N) is 1. The minimum Gasteiger partial charge on any atom is -0.385 e. The second kappa shape index (κ2) is 8.12. The van der Waals surface area contributed by atoms with Crippen LogP contribution in [0.15, 0.2) is 35.3 Å². The van der Waals surface area contributed by atoms with Gasteiger partial charge in [-0.25, -0.2) is 4.98 Å². The molecule has 0 unspecified atom stereocenters. The first kappa shape index (κ1) is 18.6. The Kier molecular flexibility index (Phi) is 5.40. The predicted molar refractivity (Wildman–Crippen MR) is 105 cm³/mol. The zero-order chi connectivity index (χ0) is 19.5. The van der Waals surface area contributed by atoms with Gasteiger partial charge in [-0.1, -0.05) is 6.07 Å². The predicted octanol–water partition coefficient (Wildman–Crippen LogP) is 1.59. The van der Waals surface area contributed by atoms with E-state index in [0.29, 0.717) is 48.5 Å². The average Bonchev–Trinajstić information content (AvgIpc) is 3.35. The summed E-state index contributed by atoms with van der Waals surface area (Å²) in [7, 11) is 1.64. The highest BCUT2D eigenvalue weighted by Gasteiger charge is 2.21. The van der Waals surface area contributed by atoms with Gasteiger partial charge in [0.25, 0.3) is 11.5 Å². The van der Waals surface area contributed by atoms with Gasteiger partial charge in [-0.05, 0) is 37.5 Å². The van der Waals surface area contributed by atoms with Gasteiger partial charge in [0.1, 0.15) is 17.0 Å². The fraction of sp³-hybridized carbons (Fsp3) is 0.450. The number of carbonyl (C=O) groups is 1. The molecule has 1 aliphatic rings. The van der Waals surface area contributed by atoms with E-state index in [1.807, 2.05) is 10.6 Å². The SMILES string of the molecule is COCCCn1c(C(=O)NC[C@@H]2CCCO2)cc2c(=O)n3ccccc3nc21. The van der Waals surface area contributed by atoms with Crippen molar-refractivity contribution in [3.05, 3.63) is 46.5 Å². The van der Waals surface area contributed by atoms with Crippen LogP contribution in [0.25, 0.3) is 16.7 Å². The quantitative estimate of drug-likeness (QED) is 0.625. The summed E-state index contributed by atoms with van der Waals surface area (Å²) in [6.07, 6.45) is 4.42. The summed E-state index contributed by atoms with van der Waals surface area (Å²) >= 11 is 0. The smallest absolute Gasteiger partial charge is 0.268 e. The summed E-state index contributed by atoms with van der Waals surface area (Å²) in [6.45, 7) is 2.30. The van der Waals surface area contributed by atoms with Crippen LogP contribution in [0, 0.1) is 0 Å². The Morgan fingerprint density at radius 1 is 1.43 bits per heavy atom. The molecule has 3 aromatic rings. The second-order valence-corrected chi connectivity index (χ2v) is 6.96. The van der Waals surface area contributed by atoms with E-state index in [1.54, 1.807) is 31.5 Å². The lowest BCUT2D eigenvalue weighted by Gasteiger charge is -2.13. The van der Waals surface area contributed by atoms with E-state index < -0.39 is 0 Å². The Labute approximate surface area is 162 Å². The maximum Gasteiger partial charge on any atom is 0.268 e. The van der Waals surface area contributed by atoms with Crippen molar-refractivity contribution in [1.29, 1.82) is 0 Å². The third-order valence-corrected chi connectivity index (χ3v) is 5.05. The van der Waals surface area contributed by atoms with Crippen molar-refractivity contribution < 1.29 is 14.3 Å². The molecule has 0 saturated carbocycles. The molecule has 1 atom stereocenters. The van der Waals surface area contributed by atoms with Gasteiger partial charge in [0.15, 0.2) is 0 Å². The van der Waals surface area contributed by atoms with Crippen LogP contribution in [0.4, 0.5) is 0 Å². The molecule has 1 aliphatic heterocycles. The summed E-state index contributed by atoms with van der Waals surface area (Å²) in [5.74, 6) is -0.223.